The monoisotopic (exact) mass is 315 g/mol. The molecule has 23 heavy (non-hydrogen) atoms. The number of aliphatic hydroxyl groups is 1. The number of aliphatic hydroxyl groups excluding tert-OH is 1. The zero-order chi connectivity index (χ0) is 16.6. The predicted octanol–water partition coefficient (Wildman–Crippen LogP) is 4.40. The third-order valence-corrected chi connectivity index (χ3v) is 3.85. The second-order valence-corrected chi connectivity index (χ2v) is 5.39. The van der Waals surface area contributed by atoms with Crippen molar-refractivity contribution < 1.29 is 18.4 Å². The van der Waals surface area contributed by atoms with Gasteiger partial charge in [-0.2, -0.15) is 0 Å². The van der Waals surface area contributed by atoms with Crippen molar-refractivity contribution in [3.8, 4) is 22.6 Å². The summed E-state index contributed by atoms with van der Waals surface area (Å²) < 4.78 is 32.0. The Morgan fingerprint density at radius 2 is 1.74 bits per heavy atom. The van der Waals surface area contributed by atoms with Crippen LogP contribution in [0.15, 0.2) is 40.9 Å². The quantitative estimate of drug-likeness (QED) is 0.779. The Kier molecular flexibility index (Phi) is 3.96. The number of halogens is 2. The van der Waals surface area contributed by atoms with Gasteiger partial charge in [-0.3, -0.25) is 0 Å². The minimum atomic E-state index is -0.969. The van der Waals surface area contributed by atoms with E-state index in [0.717, 1.165) is 28.8 Å². The fraction of sp³-hybridized carbons (Fsp3) is 0.167. The zero-order valence-electron chi connectivity index (χ0n) is 12.7. The van der Waals surface area contributed by atoms with Gasteiger partial charge in [-0.15, -0.1) is 0 Å². The molecule has 0 atom stereocenters. The molecule has 0 saturated carbocycles. The van der Waals surface area contributed by atoms with Gasteiger partial charge in [-0.25, -0.2) is 8.78 Å². The van der Waals surface area contributed by atoms with Crippen LogP contribution < -0.4 is 0 Å². The summed E-state index contributed by atoms with van der Waals surface area (Å²) in [4.78, 5) is 0. The van der Waals surface area contributed by atoms with E-state index in [1.807, 2.05) is 32.0 Å². The van der Waals surface area contributed by atoms with Gasteiger partial charge in [0.15, 0.2) is 17.4 Å². The molecule has 0 bridgehead atoms. The summed E-state index contributed by atoms with van der Waals surface area (Å²) in [5, 5.41) is 13.7. The molecule has 1 aromatic heterocycles. The van der Waals surface area contributed by atoms with Crippen molar-refractivity contribution in [2.75, 3.05) is 0 Å². The van der Waals surface area contributed by atoms with Crippen molar-refractivity contribution >= 4 is 0 Å². The lowest BCUT2D eigenvalue weighted by Gasteiger charge is -2.08. The van der Waals surface area contributed by atoms with Crippen molar-refractivity contribution in [2.45, 2.75) is 20.5 Å². The van der Waals surface area contributed by atoms with Gasteiger partial charge in [0.05, 0.1) is 12.2 Å². The van der Waals surface area contributed by atoms with Gasteiger partial charge in [0.2, 0.25) is 0 Å². The van der Waals surface area contributed by atoms with Crippen LogP contribution in [0.2, 0.25) is 0 Å². The Morgan fingerprint density at radius 3 is 2.35 bits per heavy atom. The Hall–Kier alpha value is -2.53. The normalized spacial score (nSPS) is 11.0. The molecule has 0 aliphatic carbocycles. The largest absolute Gasteiger partial charge is 0.391 e. The second kappa shape index (κ2) is 5.93. The maximum absolute atomic E-state index is 13.5. The van der Waals surface area contributed by atoms with Crippen LogP contribution in [-0.2, 0) is 6.61 Å². The Morgan fingerprint density at radius 1 is 1.04 bits per heavy atom. The average Bonchev–Trinajstić information content (AvgIpc) is 2.93. The molecule has 2 aromatic carbocycles. The van der Waals surface area contributed by atoms with Crippen molar-refractivity contribution in [1.82, 2.24) is 5.16 Å². The Bertz CT molecular complexity index is 851. The van der Waals surface area contributed by atoms with Crippen LogP contribution in [0.4, 0.5) is 8.78 Å². The minimum absolute atomic E-state index is 0.309. The maximum Gasteiger partial charge on any atom is 0.173 e. The SMILES string of the molecule is Cc1cccc(C)c1-c1onc(-c2ccc(F)c(F)c2)c1CO. The summed E-state index contributed by atoms with van der Waals surface area (Å²) in [5.74, 6) is -1.45. The molecular formula is C18H15F2NO2. The number of benzene rings is 2. The molecule has 1 heterocycles. The molecule has 0 amide bonds. The van der Waals surface area contributed by atoms with E-state index in [0.29, 0.717) is 22.6 Å². The number of hydrogen-bond acceptors (Lipinski definition) is 3. The van der Waals surface area contributed by atoms with E-state index >= 15 is 0 Å². The van der Waals surface area contributed by atoms with Gasteiger partial charge < -0.3 is 9.63 Å². The lowest BCUT2D eigenvalue weighted by molar-refractivity contribution is 0.281. The molecule has 0 aliphatic heterocycles. The third kappa shape index (κ3) is 2.64. The lowest BCUT2D eigenvalue weighted by atomic mass is 9.96. The topological polar surface area (TPSA) is 46.3 Å². The molecule has 0 aliphatic rings. The van der Waals surface area contributed by atoms with Gasteiger partial charge in [-0.1, -0.05) is 23.4 Å². The van der Waals surface area contributed by atoms with Gasteiger partial charge in [0.25, 0.3) is 0 Å². The highest BCUT2D eigenvalue weighted by Gasteiger charge is 2.21. The third-order valence-electron chi connectivity index (χ3n) is 3.85. The standard InChI is InChI=1S/C18H15F2NO2/c1-10-4-3-5-11(2)16(10)18-13(9-22)17(21-23-18)12-6-7-14(19)15(20)8-12/h3-8,22H,9H2,1-2H3. The summed E-state index contributed by atoms with van der Waals surface area (Å²) in [7, 11) is 0. The molecule has 118 valence electrons. The summed E-state index contributed by atoms with van der Waals surface area (Å²) in [6, 6.07) is 9.27. The number of hydrogen-bond donors (Lipinski definition) is 1. The number of aryl methyl sites for hydroxylation is 2. The van der Waals surface area contributed by atoms with Crippen LogP contribution in [0.25, 0.3) is 22.6 Å². The van der Waals surface area contributed by atoms with Crippen molar-refractivity contribution in [2.24, 2.45) is 0 Å². The van der Waals surface area contributed by atoms with Gasteiger partial charge in [-0.05, 0) is 43.2 Å². The van der Waals surface area contributed by atoms with Crippen molar-refractivity contribution in [3.63, 3.8) is 0 Å². The van der Waals surface area contributed by atoms with Crippen LogP contribution in [0.3, 0.4) is 0 Å². The van der Waals surface area contributed by atoms with Gasteiger partial charge in [0, 0.05) is 11.1 Å². The molecule has 3 aromatic rings. The first-order valence-electron chi connectivity index (χ1n) is 7.14. The average molecular weight is 315 g/mol. The second-order valence-electron chi connectivity index (χ2n) is 5.39. The summed E-state index contributed by atoms with van der Waals surface area (Å²) in [5.41, 5.74) is 3.92. The first-order chi connectivity index (χ1) is 11.0. The highest BCUT2D eigenvalue weighted by molar-refractivity contribution is 5.75. The first kappa shape index (κ1) is 15.4. The van der Waals surface area contributed by atoms with Crippen LogP contribution in [0.1, 0.15) is 16.7 Å². The fourth-order valence-electron chi connectivity index (χ4n) is 2.70. The van der Waals surface area contributed by atoms with Crippen molar-refractivity contribution in [1.29, 1.82) is 0 Å². The maximum atomic E-state index is 13.5. The molecule has 5 heteroatoms. The molecule has 0 saturated heterocycles. The first-order valence-corrected chi connectivity index (χ1v) is 7.14. The van der Waals surface area contributed by atoms with E-state index in [-0.39, 0.29) is 6.61 Å². The molecule has 1 N–H and O–H groups in total. The zero-order valence-corrected chi connectivity index (χ0v) is 12.7. The van der Waals surface area contributed by atoms with Gasteiger partial charge >= 0.3 is 0 Å². The molecule has 0 spiro atoms. The minimum Gasteiger partial charge on any atom is -0.391 e. The number of nitrogens with zero attached hydrogens (tertiary/aromatic N) is 1. The highest BCUT2D eigenvalue weighted by Crippen LogP contribution is 2.35. The molecular weight excluding hydrogens is 300 g/mol. The number of rotatable bonds is 3. The van der Waals surface area contributed by atoms with Crippen LogP contribution in [0, 0.1) is 25.5 Å². The Labute approximate surface area is 132 Å². The van der Waals surface area contributed by atoms with Crippen molar-refractivity contribution in [3.05, 3.63) is 64.7 Å². The molecule has 3 rings (SSSR count). The molecule has 3 nitrogen and oxygen atoms in total. The summed E-state index contributed by atoms with van der Waals surface area (Å²) in [6.07, 6.45) is 0. The van der Waals surface area contributed by atoms with E-state index in [1.165, 1.54) is 6.07 Å². The number of aromatic nitrogens is 1. The van der Waals surface area contributed by atoms with E-state index < -0.39 is 11.6 Å². The molecule has 0 fully saturated rings. The smallest absolute Gasteiger partial charge is 0.173 e. The van der Waals surface area contributed by atoms with E-state index in [4.69, 9.17) is 4.52 Å². The Balaban J connectivity index is 2.19. The van der Waals surface area contributed by atoms with Gasteiger partial charge in [0.1, 0.15) is 5.69 Å². The summed E-state index contributed by atoms with van der Waals surface area (Å²) in [6.45, 7) is 3.55. The predicted molar refractivity (Wildman–Crippen MR) is 82.7 cm³/mol. The highest BCUT2D eigenvalue weighted by atomic mass is 19.2. The van der Waals surface area contributed by atoms with E-state index in [1.54, 1.807) is 0 Å². The lowest BCUT2D eigenvalue weighted by Crippen LogP contribution is -1.93. The van der Waals surface area contributed by atoms with E-state index in [9.17, 15) is 13.9 Å². The fourth-order valence-corrected chi connectivity index (χ4v) is 2.70. The molecule has 0 unspecified atom stereocenters. The van der Waals surface area contributed by atoms with Crippen LogP contribution >= 0.6 is 0 Å². The summed E-state index contributed by atoms with van der Waals surface area (Å²) >= 11 is 0. The molecule has 0 radical (unpaired) electrons. The van der Waals surface area contributed by atoms with Crippen LogP contribution in [0.5, 0.6) is 0 Å². The van der Waals surface area contributed by atoms with Crippen LogP contribution in [-0.4, -0.2) is 10.3 Å². The van der Waals surface area contributed by atoms with E-state index in [2.05, 4.69) is 5.16 Å².